The highest BCUT2D eigenvalue weighted by Crippen LogP contribution is 2.28. The van der Waals surface area contributed by atoms with Gasteiger partial charge >= 0.3 is 6.03 Å². The number of nitrogens with zero attached hydrogens (tertiary/aromatic N) is 2. The SMILES string of the molecule is C/N=C/c1ccc(NC(=O)NCc2ccc3c(c2)C(=O)N(C2CCC(=O)NC2=O)C3=O)cc1. The fourth-order valence-corrected chi connectivity index (χ4v) is 3.79. The van der Waals surface area contributed by atoms with Crippen molar-refractivity contribution in [3.8, 4) is 0 Å². The Balaban J connectivity index is 1.40. The third-order valence-corrected chi connectivity index (χ3v) is 5.40. The molecule has 0 radical (unpaired) electrons. The Hall–Kier alpha value is -4.34. The molecule has 33 heavy (non-hydrogen) atoms. The number of hydrogen-bond acceptors (Lipinski definition) is 6. The second-order valence-corrected chi connectivity index (χ2v) is 7.64. The molecule has 2 aromatic carbocycles. The Kier molecular flexibility index (Phi) is 5.99. The number of anilines is 1. The van der Waals surface area contributed by atoms with E-state index in [4.69, 9.17) is 0 Å². The third-order valence-electron chi connectivity index (χ3n) is 5.40. The van der Waals surface area contributed by atoms with E-state index in [0.29, 0.717) is 11.3 Å². The summed E-state index contributed by atoms with van der Waals surface area (Å²) in [6, 6.07) is 10.4. The smallest absolute Gasteiger partial charge is 0.319 e. The van der Waals surface area contributed by atoms with Gasteiger partial charge in [0.25, 0.3) is 11.8 Å². The largest absolute Gasteiger partial charge is 0.334 e. The molecule has 0 spiro atoms. The molecule has 0 bridgehead atoms. The van der Waals surface area contributed by atoms with Crippen LogP contribution < -0.4 is 16.0 Å². The molecular weight excluding hydrogens is 426 g/mol. The van der Waals surface area contributed by atoms with E-state index in [1.54, 1.807) is 31.5 Å². The number of imide groups is 2. The van der Waals surface area contributed by atoms with Gasteiger partial charge in [0.1, 0.15) is 6.04 Å². The lowest BCUT2D eigenvalue weighted by Gasteiger charge is -2.27. The van der Waals surface area contributed by atoms with E-state index in [9.17, 15) is 24.0 Å². The van der Waals surface area contributed by atoms with Crippen molar-refractivity contribution >= 4 is 41.6 Å². The lowest BCUT2D eigenvalue weighted by molar-refractivity contribution is -0.136. The quantitative estimate of drug-likeness (QED) is 0.471. The van der Waals surface area contributed by atoms with Gasteiger partial charge in [-0.2, -0.15) is 0 Å². The lowest BCUT2D eigenvalue weighted by atomic mass is 10.0. The number of fused-ring (bicyclic) bond motifs is 1. The molecule has 0 aromatic heterocycles. The van der Waals surface area contributed by atoms with Crippen molar-refractivity contribution in [3.05, 3.63) is 64.7 Å². The second-order valence-electron chi connectivity index (χ2n) is 7.64. The Bertz CT molecular complexity index is 1190. The van der Waals surface area contributed by atoms with Crippen molar-refractivity contribution in [2.24, 2.45) is 4.99 Å². The van der Waals surface area contributed by atoms with Crippen molar-refractivity contribution in [2.45, 2.75) is 25.4 Å². The average molecular weight is 447 g/mol. The van der Waals surface area contributed by atoms with Gasteiger partial charge in [-0.25, -0.2) is 4.79 Å². The van der Waals surface area contributed by atoms with Gasteiger partial charge in [0.15, 0.2) is 0 Å². The average Bonchev–Trinajstić information content (AvgIpc) is 3.04. The van der Waals surface area contributed by atoms with Crippen LogP contribution in [-0.4, -0.2) is 53.9 Å². The number of benzene rings is 2. The predicted molar refractivity (Wildman–Crippen MR) is 119 cm³/mol. The van der Waals surface area contributed by atoms with E-state index in [-0.39, 0.29) is 30.5 Å². The molecule has 2 aromatic rings. The maximum absolute atomic E-state index is 12.9. The zero-order valence-corrected chi connectivity index (χ0v) is 17.8. The summed E-state index contributed by atoms with van der Waals surface area (Å²) in [5.74, 6) is -2.25. The van der Waals surface area contributed by atoms with Crippen molar-refractivity contribution in [2.75, 3.05) is 12.4 Å². The van der Waals surface area contributed by atoms with Crippen LogP contribution in [-0.2, 0) is 16.1 Å². The van der Waals surface area contributed by atoms with Crippen molar-refractivity contribution < 1.29 is 24.0 Å². The Morgan fingerprint density at radius 1 is 1.09 bits per heavy atom. The first kappa shape index (κ1) is 21.9. The fourth-order valence-electron chi connectivity index (χ4n) is 3.79. The molecule has 0 saturated carbocycles. The Morgan fingerprint density at radius 3 is 2.52 bits per heavy atom. The van der Waals surface area contributed by atoms with Gasteiger partial charge in [-0.3, -0.25) is 34.4 Å². The number of urea groups is 1. The second kappa shape index (κ2) is 9.03. The number of aliphatic imine (C=N–C) groups is 1. The summed E-state index contributed by atoms with van der Waals surface area (Å²) in [7, 11) is 1.68. The van der Waals surface area contributed by atoms with E-state index in [0.717, 1.165) is 10.5 Å². The fraction of sp³-hybridized carbons (Fsp3) is 0.217. The van der Waals surface area contributed by atoms with E-state index < -0.39 is 35.7 Å². The van der Waals surface area contributed by atoms with Crippen molar-refractivity contribution in [3.63, 3.8) is 0 Å². The summed E-state index contributed by atoms with van der Waals surface area (Å²) in [5.41, 5.74) is 2.48. The molecule has 1 fully saturated rings. The van der Waals surface area contributed by atoms with Gasteiger partial charge < -0.3 is 10.6 Å². The summed E-state index contributed by atoms with van der Waals surface area (Å²) in [5, 5.41) is 7.58. The number of piperidine rings is 1. The van der Waals surface area contributed by atoms with Crippen LogP contribution in [0.5, 0.6) is 0 Å². The van der Waals surface area contributed by atoms with Crippen LogP contribution >= 0.6 is 0 Å². The Morgan fingerprint density at radius 2 is 1.82 bits per heavy atom. The monoisotopic (exact) mass is 447 g/mol. The van der Waals surface area contributed by atoms with Crippen LogP contribution in [0.15, 0.2) is 47.5 Å². The molecule has 10 nitrogen and oxygen atoms in total. The van der Waals surface area contributed by atoms with Gasteiger partial charge in [0.2, 0.25) is 11.8 Å². The normalized spacial score (nSPS) is 17.8. The maximum atomic E-state index is 12.9. The highest BCUT2D eigenvalue weighted by Gasteiger charge is 2.44. The summed E-state index contributed by atoms with van der Waals surface area (Å²) in [4.78, 5) is 66.2. The first-order valence-corrected chi connectivity index (χ1v) is 10.3. The van der Waals surface area contributed by atoms with Crippen LogP contribution in [0.4, 0.5) is 10.5 Å². The molecule has 2 aliphatic rings. The standard InChI is InChI=1S/C23H21N5O5/c1-24-11-13-2-5-15(6-3-13)26-23(33)25-12-14-4-7-16-17(10-14)22(32)28(21(16)31)18-8-9-19(29)27-20(18)30/h2-7,10-11,18H,8-9,12H2,1H3,(H2,25,26,33)(H,27,29,30)/b24-11+. The third kappa shape index (κ3) is 4.49. The van der Waals surface area contributed by atoms with E-state index >= 15 is 0 Å². The topological polar surface area (TPSA) is 137 Å². The molecule has 1 atom stereocenters. The molecule has 2 aliphatic heterocycles. The zero-order valence-electron chi connectivity index (χ0n) is 17.8. The van der Waals surface area contributed by atoms with Gasteiger partial charge in [-0.05, 0) is 41.8 Å². The van der Waals surface area contributed by atoms with Crippen molar-refractivity contribution in [1.29, 1.82) is 0 Å². The minimum atomic E-state index is -1.02. The number of carbonyl (C=O) groups excluding carboxylic acids is 5. The number of carbonyl (C=O) groups is 5. The van der Waals surface area contributed by atoms with Crippen LogP contribution in [0.3, 0.4) is 0 Å². The van der Waals surface area contributed by atoms with Crippen LogP contribution in [0.2, 0.25) is 0 Å². The molecular formula is C23H21N5O5. The molecule has 4 rings (SSSR count). The van der Waals surface area contributed by atoms with Gasteiger partial charge in [0.05, 0.1) is 11.1 Å². The van der Waals surface area contributed by atoms with Crippen LogP contribution in [0.1, 0.15) is 44.7 Å². The molecule has 3 N–H and O–H groups in total. The molecule has 2 heterocycles. The van der Waals surface area contributed by atoms with Gasteiger partial charge in [0, 0.05) is 31.9 Å². The Labute approximate surface area is 189 Å². The molecule has 6 amide bonds. The number of nitrogens with one attached hydrogen (secondary N) is 3. The van der Waals surface area contributed by atoms with Gasteiger partial charge in [-0.15, -0.1) is 0 Å². The lowest BCUT2D eigenvalue weighted by Crippen LogP contribution is -2.54. The number of rotatable bonds is 5. The molecule has 0 aliphatic carbocycles. The molecule has 1 unspecified atom stereocenters. The molecule has 10 heteroatoms. The molecule has 1 saturated heterocycles. The van der Waals surface area contributed by atoms with Gasteiger partial charge in [-0.1, -0.05) is 18.2 Å². The first-order valence-electron chi connectivity index (χ1n) is 10.3. The highest BCUT2D eigenvalue weighted by atomic mass is 16.2. The highest BCUT2D eigenvalue weighted by molar-refractivity contribution is 6.23. The first-order chi connectivity index (χ1) is 15.9. The van der Waals surface area contributed by atoms with E-state index in [1.165, 1.54) is 12.1 Å². The summed E-state index contributed by atoms with van der Waals surface area (Å²) < 4.78 is 0. The van der Waals surface area contributed by atoms with Crippen LogP contribution in [0, 0.1) is 0 Å². The summed E-state index contributed by atoms with van der Waals surface area (Å²) in [6.45, 7) is 0.125. The number of amides is 6. The van der Waals surface area contributed by atoms with E-state index in [2.05, 4.69) is 20.9 Å². The predicted octanol–water partition coefficient (Wildman–Crippen LogP) is 1.46. The minimum Gasteiger partial charge on any atom is -0.334 e. The molecule has 168 valence electrons. The van der Waals surface area contributed by atoms with Crippen LogP contribution in [0.25, 0.3) is 0 Å². The van der Waals surface area contributed by atoms with Crippen molar-refractivity contribution in [1.82, 2.24) is 15.5 Å². The maximum Gasteiger partial charge on any atom is 0.319 e. The summed E-state index contributed by atoms with van der Waals surface area (Å²) >= 11 is 0. The summed E-state index contributed by atoms with van der Waals surface area (Å²) in [6.07, 6.45) is 1.85. The van der Waals surface area contributed by atoms with E-state index in [1.807, 2.05) is 12.1 Å². The zero-order chi connectivity index (χ0) is 23.5. The number of hydrogen-bond donors (Lipinski definition) is 3. The minimum absolute atomic E-state index is 0.0585.